The molecular formula is C30H29N5O4. The van der Waals surface area contributed by atoms with E-state index >= 15 is 0 Å². The van der Waals surface area contributed by atoms with Gasteiger partial charge < -0.3 is 25.4 Å². The molecule has 39 heavy (non-hydrogen) atoms. The highest BCUT2D eigenvalue weighted by Gasteiger charge is 2.37. The average Bonchev–Trinajstić information content (AvgIpc) is 3.37. The van der Waals surface area contributed by atoms with Crippen molar-refractivity contribution in [1.82, 2.24) is 9.78 Å². The van der Waals surface area contributed by atoms with E-state index in [2.05, 4.69) is 21.0 Å². The first-order chi connectivity index (χ1) is 18.9. The molecule has 0 aliphatic carbocycles. The van der Waals surface area contributed by atoms with Crippen LogP contribution in [0.15, 0.2) is 90.3 Å². The summed E-state index contributed by atoms with van der Waals surface area (Å²) in [5.74, 6) is 0.943. The molecule has 1 aromatic heterocycles. The van der Waals surface area contributed by atoms with Crippen LogP contribution in [0.25, 0.3) is 0 Å². The van der Waals surface area contributed by atoms with Gasteiger partial charge in [0.25, 0.3) is 11.8 Å². The maximum atomic E-state index is 13.8. The zero-order chi connectivity index (χ0) is 27.5. The number of hydrogen-bond acceptors (Lipinski definition) is 6. The normalized spacial score (nSPS) is 14.2. The minimum atomic E-state index is -0.673. The van der Waals surface area contributed by atoms with Gasteiger partial charge in [-0.25, -0.2) is 4.68 Å². The molecule has 0 radical (unpaired) electrons. The third kappa shape index (κ3) is 4.94. The van der Waals surface area contributed by atoms with Gasteiger partial charge in [-0.1, -0.05) is 48.0 Å². The molecule has 198 valence electrons. The summed E-state index contributed by atoms with van der Waals surface area (Å²) in [4.78, 5) is 27.1. The van der Waals surface area contributed by atoms with Crippen molar-refractivity contribution in [1.29, 1.82) is 0 Å². The Balaban J connectivity index is 1.57. The van der Waals surface area contributed by atoms with Crippen LogP contribution in [0.3, 0.4) is 0 Å². The van der Waals surface area contributed by atoms with Crippen molar-refractivity contribution in [2.75, 3.05) is 30.2 Å². The number of methoxy groups -OCH3 is 2. The maximum absolute atomic E-state index is 13.8. The lowest BCUT2D eigenvalue weighted by Crippen LogP contribution is -2.32. The first kappa shape index (κ1) is 25.6. The van der Waals surface area contributed by atoms with Crippen LogP contribution in [0.5, 0.6) is 11.5 Å². The van der Waals surface area contributed by atoms with Crippen molar-refractivity contribution < 1.29 is 19.1 Å². The first-order valence-electron chi connectivity index (χ1n) is 12.4. The Morgan fingerprint density at radius 1 is 0.846 bits per heavy atom. The molecule has 4 aromatic rings. The fraction of sp³-hybridized carbons (Fsp3) is 0.167. The Bertz CT molecular complexity index is 1570. The molecule has 9 nitrogen and oxygen atoms in total. The summed E-state index contributed by atoms with van der Waals surface area (Å²) in [5, 5.41) is 13.7. The molecule has 1 atom stereocenters. The molecule has 5 rings (SSSR count). The topological polar surface area (TPSA) is 107 Å². The van der Waals surface area contributed by atoms with Gasteiger partial charge >= 0.3 is 0 Å². The zero-order valence-electron chi connectivity index (χ0n) is 22.1. The van der Waals surface area contributed by atoms with Gasteiger partial charge in [0.15, 0.2) is 0 Å². The summed E-state index contributed by atoms with van der Waals surface area (Å²) in [6.07, 6.45) is 1.50. The molecule has 1 aliphatic rings. The highest BCUT2D eigenvalue weighted by molar-refractivity contribution is 6.10. The number of aromatic nitrogens is 2. The van der Waals surface area contributed by atoms with E-state index in [1.807, 2.05) is 67.6 Å². The predicted molar refractivity (Wildman–Crippen MR) is 150 cm³/mol. The predicted octanol–water partition coefficient (Wildman–Crippen LogP) is 5.39. The van der Waals surface area contributed by atoms with Gasteiger partial charge in [0.2, 0.25) is 0 Å². The lowest BCUT2D eigenvalue weighted by molar-refractivity contribution is -0.113. The first-order valence-corrected chi connectivity index (χ1v) is 12.4. The molecular weight excluding hydrogens is 494 g/mol. The number of benzene rings is 3. The number of anilines is 3. The number of carbonyl (C=O) groups excluding carboxylic acids is 2. The third-order valence-electron chi connectivity index (χ3n) is 6.61. The van der Waals surface area contributed by atoms with Crippen LogP contribution >= 0.6 is 0 Å². The number of hydrogen-bond donors (Lipinski definition) is 3. The molecule has 0 bridgehead atoms. The van der Waals surface area contributed by atoms with E-state index in [4.69, 9.17) is 9.47 Å². The number of allylic oxidation sites excluding steroid dienone is 1. The minimum Gasteiger partial charge on any atom is -0.496 e. The smallest absolute Gasteiger partial charge is 0.261 e. The van der Waals surface area contributed by atoms with Gasteiger partial charge in [-0.15, -0.1) is 0 Å². The summed E-state index contributed by atoms with van der Waals surface area (Å²) in [6.45, 7) is 3.79. The Morgan fingerprint density at radius 3 is 2.23 bits per heavy atom. The van der Waals surface area contributed by atoms with Crippen LogP contribution in [0, 0.1) is 6.92 Å². The number of amides is 2. The second-order valence-electron chi connectivity index (χ2n) is 9.13. The molecule has 3 aromatic carbocycles. The van der Waals surface area contributed by atoms with Gasteiger partial charge in [-0.2, -0.15) is 5.10 Å². The summed E-state index contributed by atoms with van der Waals surface area (Å²) in [7, 11) is 3.13. The number of rotatable bonds is 7. The Morgan fingerprint density at radius 2 is 1.51 bits per heavy atom. The largest absolute Gasteiger partial charge is 0.496 e. The molecule has 0 saturated carbocycles. The molecule has 3 N–H and O–H groups in total. The Hall–Kier alpha value is -5.05. The second kappa shape index (κ2) is 10.7. The molecule has 2 heterocycles. The van der Waals surface area contributed by atoms with E-state index in [-0.39, 0.29) is 11.8 Å². The lowest BCUT2D eigenvalue weighted by Gasteiger charge is -2.31. The van der Waals surface area contributed by atoms with Crippen LogP contribution in [0.1, 0.15) is 34.5 Å². The van der Waals surface area contributed by atoms with Crippen molar-refractivity contribution in [3.8, 4) is 11.5 Å². The molecule has 0 unspecified atom stereocenters. The van der Waals surface area contributed by atoms with Crippen LogP contribution in [-0.2, 0) is 4.79 Å². The standard InChI is InChI=1S/C30H29N5O4/c1-18-13-15-20(16-14-18)33-29(36)22-17-31-35-27(21-9-5-7-11-24(21)38-3)26(19(2)32-28(22)35)30(37)34-23-10-6-8-12-25(23)39-4/h5-17,27,32H,1-4H3,(H,33,36)(H,34,37)/t27-/m0/s1. The van der Waals surface area contributed by atoms with Crippen LogP contribution in [0.2, 0.25) is 0 Å². The third-order valence-corrected chi connectivity index (χ3v) is 6.61. The molecule has 0 spiro atoms. The second-order valence-corrected chi connectivity index (χ2v) is 9.13. The molecule has 0 fully saturated rings. The van der Waals surface area contributed by atoms with Gasteiger partial charge in [0.1, 0.15) is 28.9 Å². The average molecular weight is 524 g/mol. The van der Waals surface area contributed by atoms with E-state index < -0.39 is 6.04 Å². The number of ether oxygens (including phenoxy) is 2. The molecule has 1 aliphatic heterocycles. The van der Waals surface area contributed by atoms with E-state index in [0.717, 1.165) is 11.1 Å². The van der Waals surface area contributed by atoms with E-state index in [1.165, 1.54) is 6.20 Å². The van der Waals surface area contributed by atoms with Crippen molar-refractivity contribution in [3.05, 3.63) is 107 Å². The quantitative estimate of drug-likeness (QED) is 0.300. The highest BCUT2D eigenvalue weighted by Crippen LogP contribution is 2.41. The monoisotopic (exact) mass is 523 g/mol. The van der Waals surface area contributed by atoms with Crippen molar-refractivity contribution in [2.24, 2.45) is 0 Å². The summed E-state index contributed by atoms with van der Waals surface area (Å²) < 4.78 is 12.7. The van der Waals surface area contributed by atoms with Gasteiger partial charge in [-0.3, -0.25) is 9.59 Å². The SMILES string of the molecule is COc1ccccc1NC(=O)C1=C(C)Nc2c(C(=O)Nc3ccc(C)cc3)cnn2[C@H]1c1ccccc1OC. The highest BCUT2D eigenvalue weighted by atomic mass is 16.5. The fourth-order valence-electron chi connectivity index (χ4n) is 4.67. The number of nitrogens with one attached hydrogen (secondary N) is 3. The van der Waals surface area contributed by atoms with Gasteiger partial charge in [0, 0.05) is 16.9 Å². The van der Waals surface area contributed by atoms with E-state index in [0.29, 0.717) is 45.5 Å². The number of aryl methyl sites for hydroxylation is 1. The number of carbonyl (C=O) groups is 2. The lowest BCUT2D eigenvalue weighted by atomic mass is 9.93. The summed E-state index contributed by atoms with van der Waals surface area (Å²) >= 11 is 0. The van der Waals surface area contributed by atoms with Crippen LogP contribution in [0.4, 0.5) is 17.2 Å². The van der Waals surface area contributed by atoms with E-state index in [9.17, 15) is 9.59 Å². The van der Waals surface area contributed by atoms with Crippen molar-refractivity contribution >= 4 is 29.0 Å². The number of para-hydroxylation sites is 3. The van der Waals surface area contributed by atoms with Crippen molar-refractivity contribution in [2.45, 2.75) is 19.9 Å². The van der Waals surface area contributed by atoms with E-state index in [1.54, 1.807) is 38.0 Å². The Labute approximate surface area is 226 Å². The van der Waals surface area contributed by atoms with Crippen molar-refractivity contribution in [3.63, 3.8) is 0 Å². The summed E-state index contributed by atoms with van der Waals surface area (Å²) in [5.41, 5.74) is 4.37. The van der Waals surface area contributed by atoms with Gasteiger partial charge in [0.05, 0.1) is 31.7 Å². The fourth-order valence-corrected chi connectivity index (χ4v) is 4.67. The van der Waals surface area contributed by atoms with Crippen LogP contribution in [-0.4, -0.2) is 35.8 Å². The minimum absolute atomic E-state index is 0.318. The Kier molecular flexibility index (Phi) is 7.05. The molecule has 2 amide bonds. The maximum Gasteiger partial charge on any atom is 0.261 e. The van der Waals surface area contributed by atoms with Gasteiger partial charge in [-0.05, 0) is 44.2 Å². The molecule has 9 heteroatoms. The number of nitrogens with zero attached hydrogens (tertiary/aromatic N) is 2. The number of fused-ring (bicyclic) bond motifs is 1. The summed E-state index contributed by atoms with van der Waals surface area (Å²) in [6, 6.07) is 21.5. The van der Waals surface area contributed by atoms with Crippen LogP contribution < -0.4 is 25.4 Å². The molecule has 0 saturated heterocycles. The zero-order valence-corrected chi connectivity index (χ0v) is 22.1.